The zero-order valence-corrected chi connectivity index (χ0v) is 9.82. The summed E-state index contributed by atoms with van der Waals surface area (Å²) < 4.78 is 38.0. The zero-order chi connectivity index (χ0) is 11.8. The second-order valence-corrected chi connectivity index (χ2v) is 4.64. The summed E-state index contributed by atoms with van der Waals surface area (Å²) in [6.07, 6.45) is -4.31. The van der Waals surface area contributed by atoms with Crippen LogP contribution in [0.3, 0.4) is 0 Å². The highest BCUT2D eigenvalue weighted by molar-refractivity contribution is 9.10. The molecule has 2 nitrogen and oxygen atoms in total. The molecule has 1 aromatic rings. The molecule has 2 N–H and O–H groups in total. The Labute approximate surface area is 99.3 Å². The molecule has 0 radical (unpaired) electrons. The van der Waals surface area contributed by atoms with E-state index in [0.717, 1.165) is 25.2 Å². The van der Waals surface area contributed by atoms with Crippen LogP contribution in [0, 0.1) is 0 Å². The molecule has 2 rings (SSSR count). The second-order valence-electron chi connectivity index (χ2n) is 3.73. The van der Waals surface area contributed by atoms with Gasteiger partial charge in [-0.1, -0.05) is 15.9 Å². The third-order valence-corrected chi connectivity index (χ3v) is 2.84. The molecular weight excluding hydrogens is 285 g/mol. The van der Waals surface area contributed by atoms with Gasteiger partial charge in [-0.05, 0) is 18.2 Å². The van der Waals surface area contributed by atoms with E-state index in [9.17, 15) is 13.2 Å². The van der Waals surface area contributed by atoms with Crippen LogP contribution >= 0.6 is 15.9 Å². The minimum absolute atomic E-state index is 0.218. The Morgan fingerprint density at radius 1 is 1.25 bits per heavy atom. The number of hydrogen-bond acceptors (Lipinski definition) is 2. The minimum atomic E-state index is -4.31. The molecule has 1 aliphatic rings. The lowest BCUT2D eigenvalue weighted by molar-refractivity contribution is -0.137. The number of alkyl halides is 3. The van der Waals surface area contributed by atoms with Crippen molar-refractivity contribution in [2.24, 2.45) is 0 Å². The molecule has 0 atom stereocenters. The Balaban J connectivity index is 2.21. The van der Waals surface area contributed by atoms with Gasteiger partial charge in [0.05, 0.1) is 11.6 Å². The summed E-state index contributed by atoms with van der Waals surface area (Å²) in [4.78, 5) is 0. The molecule has 6 heteroatoms. The maximum Gasteiger partial charge on any atom is 0.416 e. The lowest BCUT2D eigenvalue weighted by Gasteiger charge is -2.29. The Bertz CT molecular complexity index is 388. The molecule has 1 saturated heterocycles. The van der Waals surface area contributed by atoms with Crippen LogP contribution in [0.2, 0.25) is 0 Å². The van der Waals surface area contributed by atoms with Gasteiger partial charge < -0.3 is 10.6 Å². The largest absolute Gasteiger partial charge is 0.416 e. The van der Waals surface area contributed by atoms with Crippen molar-refractivity contribution in [3.63, 3.8) is 0 Å². The van der Waals surface area contributed by atoms with Crippen LogP contribution in [0.1, 0.15) is 5.56 Å². The van der Waals surface area contributed by atoms with Crippen LogP contribution < -0.4 is 10.6 Å². The summed E-state index contributed by atoms with van der Waals surface area (Å²) in [6, 6.07) is 4.07. The van der Waals surface area contributed by atoms with Crippen LogP contribution in [0.4, 0.5) is 18.9 Å². The van der Waals surface area contributed by atoms with E-state index >= 15 is 0 Å². The van der Waals surface area contributed by atoms with Crippen molar-refractivity contribution >= 4 is 21.6 Å². The number of benzene rings is 1. The molecule has 0 saturated carbocycles. The Morgan fingerprint density at radius 3 is 2.44 bits per heavy atom. The van der Waals surface area contributed by atoms with Crippen LogP contribution in [-0.2, 0) is 6.18 Å². The fraction of sp³-hybridized carbons (Fsp3) is 0.400. The predicted octanol–water partition coefficient (Wildman–Crippen LogP) is 2.85. The van der Waals surface area contributed by atoms with Gasteiger partial charge in [0.25, 0.3) is 0 Å². The summed E-state index contributed by atoms with van der Waals surface area (Å²) in [7, 11) is 0. The van der Waals surface area contributed by atoms with Gasteiger partial charge in [-0.3, -0.25) is 0 Å². The average molecular weight is 295 g/mol. The van der Waals surface area contributed by atoms with E-state index in [1.165, 1.54) is 0 Å². The molecule has 1 aliphatic heterocycles. The quantitative estimate of drug-likeness (QED) is 0.876. The molecule has 0 spiro atoms. The summed E-state index contributed by atoms with van der Waals surface area (Å²) in [6.45, 7) is 1.57. The monoisotopic (exact) mass is 294 g/mol. The van der Waals surface area contributed by atoms with Crippen molar-refractivity contribution in [2.75, 3.05) is 18.4 Å². The lowest BCUT2D eigenvalue weighted by Crippen LogP contribution is -2.51. The minimum Gasteiger partial charge on any atom is -0.380 e. The first-order chi connectivity index (χ1) is 7.45. The highest BCUT2D eigenvalue weighted by Crippen LogP contribution is 2.33. The standard InChI is InChI=1S/C10H10BrF3N2/c11-7-1-6(10(12,13)14)2-8(3-7)16-9-4-15-5-9/h1-3,9,15-16H,4-5H2. The molecule has 0 amide bonds. The predicted molar refractivity (Wildman–Crippen MR) is 59.4 cm³/mol. The van der Waals surface area contributed by atoms with Gasteiger partial charge in [-0.25, -0.2) is 0 Å². The van der Waals surface area contributed by atoms with Crippen molar-refractivity contribution in [3.05, 3.63) is 28.2 Å². The maximum absolute atomic E-state index is 12.5. The first-order valence-corrected chi connectivity index (χ1v) is 5.59. The van der Waals surface area contributed by atoms with Gasteiger partial charge >= 0.3 is 6.18 Å². The average Bonchev–Trinajstić information content (AvgIpc) is 2.09. The van der Waals surface area contributed by atoms with Gasteiger partial charge in [0.2, 0.25) is 0 Å². The Kier molecular flexibility index (Phi) is 3.12. The van der Waals surface area contributed by atoms with Crippen molar-refractivity contribution in [2.45, 2.75) is 12.2 Å². The normalized spacial score (nSPS) is 17.0. The number of anilines is 1. The fourth-order valence-electron chi connectivity index (χ4n) is 1.46. The van der Waals surface area contributed by atoms with Crippen LogP contribution in [0.15, 0.2) is 22.7 Å². The first kappa shape index (κ1) is 11.7. The smallest absolute Gasteiger partial charge is 0.380 e. The van der Waals surface area contributed by atoms with E-state index in [0.29, 0.717) is 10.2 Å². The fourth-order valence-corrected chi connectivity index (χ4v) is 1.96. The molecule has 88 valence electrons. The summed E-state index contributed by atoms with van der Waals surface area (Å²) in [5, 5.41) is 6.08. The van der Waals surface area contributed by atoms with E-state index in [1.807, 2.05) is 0 Å². The molecule has 16 heavy (non-hydrogen) atoms. The van der Waals surface area contributed by atoms with E-state index in [4.69, 9.17) is 0 Å². The molecule has 1 fully saturated rings. The van der Waals surface area contributed by atoms with Crippen molar-refractivity contribution in [1.29, 1.82) is 0 Å². The second kappa shape index (κ2) is 4.25. The summed E-state index contributed by atoms with van der Waals surface area (Å²) in [5.74, 6) is 0. The molecular formula is C10H10BrF3N2. The number of nitrogens with one attached hydrogen (secondary N) is 2. The third-order valence-electron chi connectivity index (χ3n) is 2.38. The van der Waals surface area contributed by atoms with Crippen molar-refractivity contribution in [3.8, 4) is 0 Å². The van der Waals surface area contributed by atoms with E-state index < -0.39 is 11.7 Å². The zero-order valence-electron chi connectivity index (χ0n) is 8.24. The Hall–Kier alpha value is -0.750. The Morgan fingerprint density at radius 2 is 1.94 bits per heavy atom. The summed E-state index contributed by atoms with van der Waals surface area (Å²) in [5.41, 5.74) is -0.148. The van der Waals surface area contributed by atoms with Crippen molar-refractivity contribution in [1.82, 2.24) is 5.32 Å². The lowest BCUT2D eigenvalue weighted by atomic mass is 10.1. The van der Waals surface area contributed by atoms with Gasteiger partial charge in [0.1, 0.15) is 0 Å². The van der Waals surface area contributed by atoms with Gasteiger partial charge in [0.15, 0.2) is 0 Å². The van der Waals surface area contributed by atoms with Crippen molar-refractivity contribution < 1.29 is 13.2 Å². The topological polar surface area (TPSA) is 24.1 Å². The van der Waals surface area contributed by atoms with Crippen LogP contribution in [-0.4, -0.2) is 19.1 Å². The molecule has 0 bridgehead atoms. The molecule has 1 heterocycles. The molecule has 0 aromatic heterocycles. The maximum atomic E-state index is 12.5. The molecule has 1 aromatic carbocycles. The van der Waals surface area contributed by atoms with E-state index in [1.54, 1.807) is 6.07 Å². The van der Waals surface area contributed by atoms with Gasteiger partial charge in [-0.2, -0.15) is 13.2 Å². The SMILES string of the molecule is FC(F)(F)c1cc(Br)cc(NC2CNC2)c1. The van der Waals surface area contributed by atoms with Gasteiger partial charge in [0, 0.05) is 23.2 Å². The highest BCUT2D eigenvalue weighted by atomic mass is 79.9. The van der Waals surface area contributed by atoms with E-state index in [2.05, 4.69) is 26.6 Å². The first-order valence-electron chi connectivity index (χ1n) is 4.80. The highest BCUT2D eigenvalue weighted by Gasteiger charge is 2.31. The van der Waals surface area contributed by atoms with Crippen LogP contribution in [0.5, 0.6) is 0 Å². The summed E-state index contributed by atoms with van der Waals surface area (Å²) >= 11 is 3.08. The number of hydrogen-bond donors (Lipinski definition) is 2. The third kappa shape index (κ3) is 2.68. The number of halogens is 4. The number of rotatable bonds is 2. The van der Waals surface area contributed by atoms with Crippen LogP contribution in [0.25, 0.3) is 0 Å². The molecule has 0 unspecified atom stereocenters. The van der Waals surface area contributed by atoms with E-state index in [-0.39, 0.29) is 6.04 Å². The molecule has 0 aliphatic carbocycles. The van der Waals surface area contributed by atoms with Gasteiger partial charge in [-0.15, -0.1) is 0 Å².